The molecule has 2 aromatic rings. The van der Waals surface area contributed by atoms with Gasteiger partial charge in [-0.2, -0.15) is 0 Å². The van der Waals surface area contributed by atoms with E-state index in [0.29, 0.717) is 0 Å². The zero-order chi connectivity index (χ0) is 14.4. The maximum atomic E-state index is 5.41. The number of rotatable bonds is 7. The van der Waals surface area contributed by atoms with E-state index in [9.17, 15) is 0 Å². The first-order valence-corrected chi connectivity index (χ1v) is 6.81. The van der Waals surface area contributed by atoms with E-state index in [0.717, 1.165) is 36.4 Å². The zero-order valence-corrected chi connectivity index (χ0v) is 12.2. The molecular weight excluding hydrogens is 254 g/mol. The summed E-state index contributed by atoms with van der Waals surface area (Å²) in [4.78, 5) is 4.11. The van der Waals surface area contributed by atoms with E-state index in [1.54, 1.807) is 24.2 Å². The average molecular weight is 275 g/mol. The second-order valence-electron chi connectivity index (χ2n) is 4.71. The lowest BCUT2D eigenvalue weighted by Gasteiger charge is -2.20. The van der Waals surface area contributed by atoms with E-state index >= 15 is 0 Å². The van der Waals surface area contributed by atoms with Crippen LogP contribution in [-0.2, 0) is 13.5 Å². The first kappa shape index (κ1) is 14.5. The van der Waals surface area contributed by atoms with Crippen molar-refractivity contribution in [2.45, 2.75) is 25.8 Å². The Hall–Kier alpha value is -1.95. The maximum Gasteiger partial charge on any atom is 0.141 e. The molecule has 0 saturated heterocycles. The van der Waals surface area contributed by atoms with Crippen molar-refractivity contribution in [3.63, 3.8) is 0 Å². The molecule has 20 heavy (non-hydrogen) atoms. The summed E-state index contributed by atoms with van der Waals surface area (Å²) in [6.45, 7) is 3.09. The van der Waals surface area contributed by atoms with E-state index in [1.165, 1.54) is 0 Å². The Morgan fingerprint density at radius 1 is 1.45 bits per heavy atom. The molecule has 1 N–H and O–H groups in total. The molecule has 2 heterocycles. The normalized spacial score (nSPS) is 12.3. The molecule has 0 aliphatic heterocycles. The molecule has 0 aliphatic rings. The summed E-state index contributed by atoms with van der Waals surface area (Å²) in [5.41, 5.74) is 2.06. The summed E-state index contributed by atoms with van der Waals surface area (Å²) in [5.74, 6) is 0.796. The van der Waals surface area contributed by atoms with Gasteiger partial charge in [0.2, 0.25) is 0 Å². The summed E-state index contributed by atoms with van der Waals surface area (Å²) >= 11 is 0. The van der Waals surface area contributed by atoms with Gasteiger partial charge in [-0.25, -0.2) is 0 Å². The Morgan fingerprint density at radius 2 is 2.30 bits per heavy atom. The van der Waals surface area contributed by atoms with Crippen LogP contribution in [0.3, 0.4) is 0 Å². The van der Waals surface area contributed by atoms with Gasteiger partial charge < -0.3 is 10.1 Å². The van der Waals surface area contributed by atoms with Crippen molar-refractivity contribution in [2.24, 2.45) is 7.05 Å². The van der Waals surface area contributed by atoms with Crippen molar-refractivity contribution in [2.75, 3.05) is 13.7 Å². The van der Waals surface area contributed by atoms with E-state index in [2.05, 4.69) is 27.5 Å². The van der Waals surface area contributed by atoms with Crippen LogP contribution in [0, 0.1) is 0 Å². The monoisotopic (exact) mass is 275 g/mol. The minimum absolute atomic E-state index is 0.143. The van der Waals surface area contributed by atoms with Crippen LogP contribution in [0.4, 0.5) is 0 Å². The highest BCUT2D eigenvalue weighted by atomic mass is 16.5. The van der Waals surface area contributed by atoms with E-state index < -0.39 is 0 Å². The lowest BCUT2D eigenvalue weighted by molar-refractivity contribution is 0.395. The molecule has 108 valence electrons. The fourth-order valence-electron chi connectivity index (χ4n) is 2.16. The van der Waals surface area contributed by atoms with Crippen LogP contribution in [0.1, 0.15) is 30.6 Å². The van der Waals surface area contributed by atoms with Gasteiger partial charge in [0, 0.05) is 37.5 Å². The molecule has 6 nitrogen and oxygen atoms in total. The van der Waals surface area contributed by atoms with Gasteiger partial charge in [0.25, 0.3) is 0 Å². The fraction of sp³-hybridized carbons (Fsp3) is 0.500. The molecule has 0 radical (unpaired) electrons. The number of aryl methyl sites for hydroxylation is 1. The van der Waals surface area contributed by atoms with Gasteiger partial charge in [-0.15, -0.1) is 5.10 Å². The minimum atomic E-state index is 0.143. The Kier molecular flexibility index (Phi) is 5.06. The van der Waals surface area contributed by atoms with Crippen molar-refractivity contribution in [3.05, 3.63) is 35.9 Å². The van der Waals surface area contributed by atoms with Gasteiger partial charge in [0.15, 0.2) is 0 Å². The SMILES string of the molecule is CCCNC(Cc1cn(C)nn1)c1ccncc1OC. The molecule has 0 amide bonds. The molecule has 0 fully saturated rings. The number of methoxy groups -OCH3 is 1. The average Bonchev–Trinajstić information content (AvgIpc) is 2.88. The number of aromatic nitrogens is 4. The molecule has 0 aromatic carbocycles. The Bertz CT molecular complexity index is 540. The Balaban J connectivity index is 2.22. The highest BCUT2D eigenvalue weighted by Gasteiger charge is 2.17. The van der Waals surface area contributed by atoms with E-state index in [1.807, 2.05) is 19.3 Å². The number of hydrogen-bond acceptors (Lipinski definition) is 5. The third-order valence-corrected chi connectivity index (χ3v) is 3.12. The van der Waals surface area contributed by atoms with E-state index in [4.69, 9.17) is 4.74 Å². The van der Waals surface area contributed by atoms with Gasteiger partial charge in [-0.3, -0.25) is 9.67 Å². The van der Waals surface area contributed by atoms with Crippen LogP contribution in [0.25, 0.3) is 0 Å². The van der Waals surface area contributed by atoms with Gasteiger partial charge in [0.05, 0.1) is 19.0 Å². The maximum absolute atomic E-state index is 5.41. The molecule has 0 aliphatic carbocycles. The topological polar surface area (TPSA) is 64.9 Å². The quantitative estimate of drug-likeness (QED) is 0.829. The van der Waals surface area contributed by atoms with Crippen LogP contribution in [0.5, 0.6) is 5.75 Å². The number of hydrogen-bond donors (Lipinski definition) is 1. The number of nitrogens with zero attached hydrogens (tertiary/aromatic N) is 4. The number of nitrogens with one attached hydrogen (secondary N) is 1. The smallest absolute Gasteiger partial charge is 0.141 e. The van der Waals surface area contributed by atoms with Crippen LogP contribution < -0.4 is 10.1 Å². The van der Waals surface area contributed by atoms with Gasteiger partial charge in [-0.05, 0) is 19.0 Å². The number of pyridine rings is 1. The molecule has 0 spiro atoms. The third-order valence-electron chi connectivity index (χ3n) is 3.12. The molecule has 1 unspecified atom stereocenters. The summed E-state index contributed by atoms with van der Waals surface area (Å²) < 4.78 is 7.12. The third kappa shape index (κ3) is 3.54. The summed E-state index contributed by atoms with van der Waals surface area (Å²) in [6, 6.07) is 2.13. The molecule has 0 saturated carbocycles. The molecular formula is C14H21N5O. The predicted octanol–water partition coefficient (Wildman–Crippen LogP) is 1.50. The minimum Gasteiger partial charge on any atom is -0.495 e. The first-order chi connectivity index (χ1) is 9.74. The van der Waals surface area contributed by atoms with Gasteiger partial charge in [-0.1, -0.05) is 12.1 Å². The van der Waals surface area contributed by atoms with Crippen molar-refractivity contribution in [1.29, 1.82) is 0 Å². The van der Waals surface area contributed by atoms with Crippen LogP contribution in [0.2, 0.25) is 0 Å². The fourth-order valence-corrected chi connectivity index (χ4v) is 2.16. The van der Waals surface area contributed by atoms with Crippen molar-refractivity contribution < 1.29 is 4.74 Å². The second kappa shape index (κ2) is 7.00. The van der Waals surface area contributed by atoms with Crippen LogP contribution >= 0.6 is 0 Å². The van der Waals surface area contributed by atoms with Gasteiger partial charge in [0.1, 0.15) is 5.75 Å². The molecule has 2 rings (SSSR count). The first-order valence-electron chi connectivity index (χ1n) is 6.81. The lowest BCUT2D eigenvalue weighted by Crippen LogP contribution is -2.24. The van der Waals surface area contributed by atoms with E-state index in [-0.39, 0.29) is 6.04 Å². The largest absolute Gasteiger partial charge is 0.495 e. The highest BCUT2D eigenvalue weighted by molar-refractivity contribution is 5.33. The molecule has 1 atom stereocenters. The van der Waals surface area contributed by atoms with Crippen molar-refractivity contribution in [3.8, 4) is 5.75 Å². The molecule has 2 aromatic heterocycles. The van der Waals surface area contributed by atoms with Crippen molar-refractivity contribution in [1.82, 2.24) is 25.3 Å². The van der Waals surface area contributed by atoms with Gasteiger partial charge >= 0.3 is 0 Å². The standard InChI is InChI=1S/C14H21N5O/c1-4-6-16-13(8-11-10-19(2)18-17-11)12-5-7-15-9-14(12)20-3/h5,7,9-10,13,16H,4,6,8H2,1-3H3. The van der Waals surface area contributed by atoms with Crippen LogP contribution in [0.15, 0.2) is 24.7 Å². The molecule has 0 bridgehead atoms. The summed E-state index contributed by atoms with van der Waals surface area (Å²) in [7, 11) is 3.54. The highest BCUT2D eigenvalue weighted by Crippen LogP contribution is 2.26. The summed E-state index contributed by atoms with van der Waals surface area (Å²) in [6.07, 6.45) is 7.31. The lowest BCUT2D eigenvalue weighted by atomic mass is 10.0. The zero-order valence-electron chi connectivity index (χ0n) is 12.2. The van der Waals surface area contributed by atoms with Crippen LogP contribution in [-0.4, -0.2) is 33.6 Å². The second-order valence-corrected chi connectivity index (χ2v) is 4.71. The predicted molar refractivity (Wildman–Crippen MR) is 76.5 cm³/mol. The molecule has 6 heteroatoms. The van der Waals surface area contributed by atoms with Crippen molar-refractivity contribution >= 4 is 0 Å². The Labute approximate surface area is 119 Å². The number of ether oxygens (including phenoxy) is 1. The Morgan fingerprint density at radius 3 is 2.95 bits per heavy atom. The summed E-state index contributed by atoms with van der Waals surface area (Å²) in [5, 5.41) is 11.7.